The van der Waals surface area contributed by atoms with E-state index in [1.54, 1.807) is 0 Å². The number of aryl methyl sites for hydroxylation is 1. The van der Waals surface area contributed by atoms with Gasteiger partial charge in [0.25, 0.3) is 0 Å². The van der Waals surface area contributed by atoms with E-state index in [2.05, 4.69) is 54.2 Å². The molecule has 2 aromatic rings. The first-order chi connectivity index (χ1) is 10.6. The predicted octanol–water partition coefficient (Wildman–Crippen LogP) is 3.72. The highest BCUT2D eigenvalue weighted by atomic mass is 16.5. The molecule has 1 aromatic heterocycles. The molecule has 1 aliphatic rings. The molecule has 0 bridgehead atoms. The maximum absolute atomic E-state index is 9.07. The molecule has 0 atom stereocenters. The topological polar surface area (TPSA) is 40.4 Å². The van der Waals surface area contributed by atoms with Crippen LogP contribution in [0.2, 0.25) is 0 Å². The molecule has 2 heterocycles. The lowest BCUT2D eigenvalue weighted by Crippen LogP contribution is -2.31. The predicted molar refractivity (Wildman–Crippen MR) is 92.2 cm³/mol. The van der Waals surface area contributed by atoms with Gasteiger partial charge in [0.2, 0.25) is 0 Å². The summed E-state index contributed by atoms with van der Waals surface area (Å²) in [7, 11) is 2.06. The van der Waals surface area contributed by atoms with Gasteiger partial charge in [0.1, 0.15) is 0 Å². The second-order valence-electron chi connectivity index (χ2n) is 6.63. The van der Waals surface area contributed by atoms with Gasteiger partial charge >= 0.3 is 0 Å². The maximum Gasteiger partial charge on any atom is 0.0623 e. The lowest BCUT2D eigenvalue weighted by molar-refractivity contribution is 0.268. The van der Waals surface area contributed by atoms with Crippen LogP contribution in [0.25, 0.3) is 16.5 Å². The molecule has 2 N–H and O–H groups in total. The Morgan fingerprint density at radius 1 is 1.32 bits per heavy atom. The molecular weight excluding hydrogens is 274 g/mol. The normalized spacial score (nSPS) is 16.3. The molecule has 4 heteroatoms. The number of nitrogens with zero attached hydrogens (tertiary/aromatic N) is 2. The molecule has 118 valence electrons. The SMILES string of the molecule is CC(C)CN1CC=C(c2cn(C)c3cc(NO)ccc23)CC1. The van der Waals surface area contributed by atoms with E-state index in [0.717, 1.165) is 36.6 Å². The quantitative estimate of drug-likeness (QED) is 0.845. The highest BCUT2D eigenvalue weighted by Gasteiger charge is 2.17. The minimum absolute atomic E-state index is 0.719. The van der Waals surface area contributed by atoms with Crippen molar-refractivity contribution < 1.29 is 5.21 Å². The van der Waals surface area contributed by atoms with E-state index in [0.29, 0.717) is 0 Å². The zero-order chi connectivity index (χ0) is 15.7. The third kappa shape index (κ3) is 2.89. The molecule has 0 saturated heterocycles. The standard InChI is InChI=1S/C18H25N3O/c1-13(2)11-21-8-6-14(7-9-21)17-12-20(3)18-10-15(19-22)4-5-16(17)18/h4-6,10,12-13,19,22H,7-9,11H2,1-3H3. The third-order valence-electron chi connectivity index (χ3n) is 4.38. The van der Waals surface area contributed by atoms with E-state index in [9.17, 15) is 0 Å². The van der Waals surface area contributed by atoms with Crippen LogP contribution in [0.5, 0.6) is 0 Å². The van der Waals surface area contributed by atoms with Gasteiger partial charge in [0, 0.05) is 43.8 Å². The van der Waals surface area contributed by atoms with Crippen molar-refractivity contribution >= 4 is 22.2 Å². The molecule has 0 fully saturated rings. The molecule has 0 radical (unpaired) electrons. The van der Waals surface area contributed by atoms with E-state index in [1.165, 1.54) is 23.1 Å². The summed E-state index contributed by atoms with van der Waals surface area (Å²) >= 11 is 0. The van der Waals surface area contributed by atoms with Gasteiger partial charge in [0.15, 0.2) is 0 Å². The van der Waals surface area contributed by atoms with Crippen molar-refractivity contribution in [1.82, 2.24) is 9.47 Å². The summed E-state index contributed by atoms with van der Waals surface area (Å²) in [6, 6.07) is 5.98. The monoisotopic (exact) mass is 299 g/mol. The van der Waals surface area contributed by atoms with Gasteiger partial charge in [-0.25, -0.2) is 0 Å². The Morgan fingerprint density at radius 2 is 2.14 bits per heavy atom. The average Bonchev–Trinajstić information content (AvgIpc) is 2.84. The summed E-state index contributed by atoms with van der Waals surface area (Å²) in [4.78, 5) is 2.52. The van der Waals surface area contributed by atoms with Crippen molar-refractivity contribution in [2.75, 3.05) is 25.1 Å². The minimum Gasteiger partial charge on any atom is -0.350 e. The Morgan fingerprint density at radius 3 is 2.77 bits per heavy atom. The average molecular weight is 299 g/mol. The Labute approximate surface area is 132 Å². The second-order valence-corrected chi connectivity index (χ2v) is 6.63. The lowest BCUT2D eigenvalue weighted by atomic mass is 9.98. The van der Waals surface area contributed by atoms with E-state index in [4.69, 9.17) is 5.21 Å². The van der Waals surface area contributed by atoms with Gasteiger partial charge in [0.05, 0.1) is 11.2 Å². The summed E-state index contributed by atoms with van der Waals surface area (Å²) in [5.41, 5.74) is 6.85. The third-order valence-corrected chi connectivity index (χ3v) is 4.38. The van der Waals surface area contributed by atoms with Crippen LogP contribution in [-0.2, 0) is 7.05 Å². The zero-order valence-corrected chi connectivity index (χ0v) is 13.6. The highest BCUT2D eigenvalue weighted by molar-refractivity contribution is 5.94. The number of fused-ring (bicyclic) bond motifs is 1. The van der Waals surface area contributed by atoms with Gasteiger partial charge in [-0.3, -0.25) is 15.6 Å². The first-order valence-corrected chi connectivity index (χ1v) is 7.99. The second kappa shape index (κ2) is 6.15. The van der Waals surface area contributed by atoms with Crippen LogP contribution in [0.3, 0.4) is 0 Å². The Balaban J connectivity index is 1.90. The fourth-order valence-electron chi connectivity index (χ4n) is 3.35. The van der Waals surface area contributed by atoms with Crippen LogP contribution in [0.4, 0.5) is 5.69 Å². The molecule has 1 aliphatic heterocycles. The molecule has 0 saturated carbocycles. The smallest absolute Gasteiger partial charge is 0.0623 e. The fraction of sp³-hybridized carbons (Fsp3) is 0.444. The molecule has 22 heavy (non-hydrogen) atoms. The number of benzene rings is 1. The van der Waals surface area contributed by atoms with Crippen molar-refractivity contribution in [1.29, 1.82) is 0 Å². The van der Waals surface area contributed by atoms with Gasteiger partial charge in [-0.2, -0.15) is 0 Å². The summed E-state index contributed by atoms with van der Waals surface area (Å²) < 4.78 is 2.13. The van der Waals surface area contributed by atoms with Crippen molar-refractivity contribution in [2.24, 2.45) is 13.0 Å². The number of rotatable bonds is 4. The molecule has 0 aliphatic carbocycles. The van der Waals surface area contributed by atoms with E-state index in [1.807, 2.05) is 12.1 Å². The molecule has 4 nitrogen and oxygen atoms in total. The van der Waals surface area contributed by atoms with Gasteiger partial charge < -0.3 is 4.57 Å². The number of aromatic nitrogens is 1. The molecule has 3 rings (SSSR count). The molecular formula is C18H25N3O. The molecule has 1 aromatic carbocycles. The summed E-state index contributed by atoms with van der Waals surface area (Å²) in [6.07, 6.45) is 5.68. The summed E-state index contributed by atoms with van der Waals surface area (Å²) in [6.45, 7) is 7.90. The number of hydrogen-bond donors (Lipinski definition) is 2. The number of hydrogen-bond acceptors (Lipinski definition) is 3. The van der Waals surface area contributed by atoms with Crippen LogP contribution >= 0.6 is 0 Å². The van der Waals surface area contributed by atoms with Crippen molar-refractivity contribution in [3.8, 4) is 0 Å². The fourth-order valence-corrected chi connectivity index (χ4v) is 3.35. The van der Waals surface area contributed by atoms with Gasteiger partial charge in [-0.15, -0.1) is 0 Å². The van der Waals surface area contributed by atoms with Crippen LogP contribution in [0, 0.1) is 5.92 Å². The molecule has 0 unspecified atom stereocenters. The van der Waals surface area contributed by atoms with E-state index < -0.39 is 0 Å². The Hall–Kier alpha value is -1.78. The van der Waals surface area contributed by atoms with Crippen molar-refractivity contribution in [3.05, 3.63) is 36.0 Å². The van der Waals surface area contributed by atoms with Crippen LogP contribution in [-0.4, -0.2) is 34.3 Å². The van der Waals surface area contributed by atoms with Crippen LogP contribution in [0.15, 0.2) is 30.5 Å². The van der Waals surface area contributed by atoms with E-state index >= 15 is 0 Å². The summed E-state index contributed by atoms with van der Waals surface area (Å²) in [5, 5.41) is 10.3. The Bertz CT molecular complexity index is 700. The zero-order valence-electron chi connectivity index (χ0n) is 13.6. The van der Waals surface area contributed by atoms with E-state index in [-0.39, 0.29) is 0 Å². The maximum atomic E-state index is 9.07. The Kier molecular flexibility index (Phi) is 4.23. The van der Waals surface area contributed by atoms with Crippen molar-refractivity contribution in [2.45, 2.75) is 20.3 Å². The highest BCUT2D eigenvalue weighted by Crippen LogP contribution is 2.32. The molecule has 0 spiro atoms. The van der Waals surface area contributed by atoms with Crippen molar-refractivity contribution in [3.63, 3.8) is 0 Å². The lowest BCUT2D eigenvalue weighted by Gasteiger charge is -2.27. The van der Waals surface area contributed by atoms with Gasteiger partial charge in [-0.05, 0) is 30.0 Å². The number of anilines is 1. The van der Waals surface area contributed by atoms with Crippen LogP contribution in [0.1, 0.15) is 25.8 Å². The summed E-state index contributed by atoms with van der Waals surface area (Å²) in [5.74, 6) is 0.719. The largest absolute Gasteiger partial charge is 0.350 e. The first kappa shape index (κ1) is 15.1. The van der Waals surface area contributed by atoms with Gasteiger partial charge in [-0.1, -0.05) is 26.0 Å². The number of nitrogens with one attached hydrogen (secondary N) is 1. The van der Waals surface area contributed by atoms with Crippen LogP contribution < -0.4 is 5.48 Å². The minimum atomic E-state index is 0.719. The first-order valence-electron chi connectivity index (χ1n) is 7.99. The molecule has 0 amide bonds.